The van der Waals surface area contributed by atoms with Gasteiger partial charge >= 0.3 is 0 Å². The molecule has 0 unspecified atom stereocenters. The Hall–Kier alpha value is -3.18. The lowest BCUT2D eigenvalue weighted by atomic mass is 10.2. The minimum atomic E-state index is -0.492. The Kier molecular flexibility index (Phi) is 5.55. The molecule has 4 rings (SSSR count). The number of thioether (sulfide) groups is 1. The van der Waals surface area contributed by atoms with Crippen LogP contribution in [-0.4, -0.2) is 31.3 Å². The molecule has 0 spiro atoms. The number of rotatable bonds is 6. The summed E-state index contributed by atoms with van der Waals surface area (Å²) in [5.74, 6) is 0.989. The largest absolute Gasteiger partial charge is 0.453 e. The number of amides is 1. The van der Waals surface area contributed by atoms with Crippen LogP contribution in [0.1, 0.15) is 0 Å². The molecule has 0 atom stereocenters. The van der Waals surface area contributed by atoms with Crippen molar-refractivity contribution in [3.05, 3.63) is 63.1 Å². The van der Waals surface area contributed by atoms with Crippen molar-refractivity contribution >= 4 is 55.9 Å². The second kappa shape index (κ2) is 8.28. The van der Waals surface area contributed by atoms with Crippen molar-refractivity contribution in [3.8, 4) is 11.6 Å². The van der Waals surface area contributed by atoms with Gasteiger partial charge in [0, 0.05) is 34.7 Å². The molecule has 0 bridgehead atoms. The molecule has 0 saturated carbocycles. The van der Waals surface area contributed by atoms with Gasteiger partial charge in [0.25, 0.3) is 5.69 Å². The van der Waals surface area contributed by atoms with E-state index in [1.807, 2.05) is 24.3 Å². The first-order chi connectivity index (χ1) is 14.4. The first kappa shape index (κ1) is 20.1. The Morgan fingerprint density at radius 2 is 2.00 bits per heavy atom. The molecule has 1 N–H and O–H groups in total. The van der Waals surface area contributed by atoms with Crippen LogP contribution in [-0.2, 0) is 11.8 Å². The number of anilines is 1. The highest BCUT2D eigenvalue weighted by molar-refractivity contribution is 9.10. The van der Waals surface area contributed by atoms with Crippen molar-refractivity contribution in [3.63, 3.8) is 0 Å². The lowest BCUT2D eigenvalue weighted by Gasteiger charge is -2.05. The first-order valence-electron chi connectivity index (χ1n) is 8.66. The molecule has 0 radical (unpaired) electrons. The fourth-order valence-electron chi connectivity index (χ4n) is 2.77. The molecule has 0 fully saturated rings. The SMILES string of the molecule is Cn1c(SCC(=O)Nc2ccc([N+](=O)[O-])cc2)nnc1-c1cc2cc(Br)ccc2o1. The summed E-state index contributed by atoms with van der Waals surface area (Å²) in [6.07, 6.45) is 0. The third kappa shape index (κ3) is 4.21. The molecule has 0 aliphatic carbocycles. The molecule has 0 saturated heterocycles. The average Bonchev–Trinajstić information content (AvgIpc) is 3.29. The third-order valence-corrected chi connectivity index (χ3v) is 5.74. The zero-order valence-electron chi connectivity index (χ0n) is 15.5. The van der Waals surface area contributed by atoms with E-state index in [1.165, 1.54) is 36.0 Å². The van der Waals surface area contributed by atoms with Gasteiger partial charge in [-0.1, -0.05) is 27.7 Å². The minimum absolute atomic E-state index is 0.0352. The summed E-state index contributed by atoms with van der Waals surface area (Å²) >= 11 is 4.67. The van der Waals surface area contributed by atoms with Crippen LogP contribution >= 0.6 is 27.7 Å². The third-order valence-electron chi connectivity index (χ3n) is 4.23. The van der Waals surface area contributed by atoms with Crippen LogP contribution in [0.4, 0.5) is 11.4 Å². The van der Waals surface area contributed by atoms with Gasteiger partial charge in [-0.3, -0.25) is 14.9 Å². The number of halogens is 1. The van der Waals surface area contributed by atoms with Gasteiger partial charge in [-0.15, -0.1) is 10.2 Å². The quantitative estimate of drug-likeness (QED) is 0.239. The molecule has 9 nitrogen and oxygen atoms in total. The molecule has 11 heteroatoms. The number of carbonyl (C=O) groups excluding carboxylic acids is 1. The van der Waals surface area contributed by atoms with Crippen LogP contribution < -0.4 is 5.32 Å². The molecular formula is C19H14BrN5O4S. The number of nitro benzene ring substituents is 1. The second-order valence-corrected chi connectivity index (χ2v) is 8.16. The monoisotopic (exact) mass is 487 g/mol. The number of hydrogen-bond donors (Lipinski definition) is 1. The predicted molar refractivity (Wildman–Crippen MR) is 116 cm³/mol. The molecule has 0 aliphatic heterocycles. The number of carbonyl (C=O) groups is 1. The molecule has 2 aromatic carbocycles. The van der Waals surface area contributed by atoms with E-state index in [4.69, 9.17) is 4.42 Å². The summed E-state index contributed by atoms with van der Waals surface area (Å²) in [5.41, 5.74) is 1.19. The van der Waals surface area contributed by atoms with Crippen LogP contribution in [0.5, 0.6) is 0 Å². The summed E-state index contributed by atoms with van der Waals surface area (Å²) < 4.78 is 8.57. The Bertz CT molecular complexity index is 1250. The maximum Gasteiger partial charge on any atom is 0.269 e. The summed E-state index contributed by atoms with van der Waals surface area (Å²) in [6, 6.07) is 13.3. The number of fused-ring (bicyclic) bond motifs is 1. The van der Waals surface area contributed by atoms with Crippen molar-refractivity contribution in [1.82, 2.24) is 14.8 Å². The molecule has 152 valence electrons. The van der Waals surface area contributed by atoms with E-state index in [9.17, 15) is 14.9 Å². The summed E-state index contributed by atoms with van der Waals surface area (Å²) in [6.45, 7) is 0. The second-order valence-electron chi connectivity index (χ2n) is 6.30. The van der Waals surface area contributed by atoms with Crippen LogP contribution in [0.3, 0.4) is 0 Å². The van der Waals surface area contributed by atoms with Crippen molar-refractivity contribution in [2.24, 2.45) is 7.05 Å². The fraction of sp³-hybridized carbons (Fsp3) is 0.105. The van der Waals surface area contributed by atoms with Gasteiger partial charge in [0.15, 0.2) is 16.7 Å². The number of furan rings is 1. The molecular weight excluding hydrogens is 474 g/mol. The van der Waals surface area contributed by atoms with Crippen LogP contribution in [0.25, 0.3) is 22.6 Å². The van der Waals surface area contributed by atoms with Gasteiger partial charge in [-0.05, 0) is 36.4 Å². The Morgan fingerprint density at radius 3 is 2.73 bits per heavy atom. The van der Waals surface area contributed by atoms with Crippen LogP contribution in [0.15, 0.2) is 62.6 Å². The van der Waals surface area contributed by atoms with Crippen LogP contribution in [0.2, 0.25) is 0 Å². The number of nitrogens with zero attached hydrogens (tertiary/aromatic N) is 4. The smallest absolute Gasteiger partial charge is 0.269 e. The Labute approximate surface area is 182 Å². The predicted octanol–water partition coefficient (Wildman–Crippen LogP) is 4.63. The van der Waals surface area contributed by atoms with Gasteiger partial charge in [-0.2, -0.15) is 0 Å². The number of benzene rings is 2. The molecule has 0 aliphatic rings. The maximum atomic E-state index is 12.2. The zero-order valence-corrected chi connectivity index (χ0v) is 17.9. The number of hydrogen-bond acceptors (Lipinski definition) is 7. The lowest BCUT2D eigenvalue weighted by molar-refractivity contribution is -0.384. The molecule has 30 heavy (non-hydrogen) atoms. The highest BCUT2D eigenvalue weighted by Crippen LogP contribution is 2.30. The van der Waals surface area contributed by atoms with E-state index in [0.29, 0.717) is 22.4 Å². The van der Waals surface area contributed by atoms with Gasteiger partial charge in [0.05, 0.1) is 10.7 Å². The summed E-state index contributed by atoms with van der Waals surface area (Å²) in [5, 5.41) is 23.2. The molecule has 2 aromatic heterocycles. The fourth-order valence-corrected chi connectivity index (χ4v) is 3.86. The lowest BCUT2D eigenvalue weighted by Crippen LogP contribution is -2.14. The van der Waals surface area contributed by atoms with E-state index in [2.05, 4.69) is 31.4 Å². The van der Waals surface area contributed by atoms with E-state index in [1.54, 1.807) is 11.6 Å². The first-order valence-corrected chi connectivity index (χ1v) is 10.4. The van der Waals surface area contributed by atoms with E-state index in [-0.39, 0.29) is 17.3 Å². The summed E-state index contributed by atoms with van der Waals surface area (Å²) in [7, 11) is 1.80. The highest BCUT2D eigenvalue weighted by atomic mass is 79.9. The van der Waals surface area contributed by atoms with Crippen molar-refractivity contribution < 1.29 is 14.1 Å². The number of nitrogens with one attached hydrogen (secondary N) is 1. The van der Waals surface area contributed by atoms with Crippen molar-refractivity contribution in [2.45, 2.75) is 5.16 Å². The van der Waals surface area contributed by atoms with Gasteiger partial charge in [-0.25, -0.2) is 0 Å². The molecule has 2 heterocycles. The van der Waals surface area contributed by atoms with Gasteiger partial charge in [0.2, 0.25) is 5.91 Å². The Balaban J connectivity index is 1.42. The number of nitro groups is 1. The normalized spacial score (nSPS) is 11.0. The van der Waals surface area contributed by atoms with Crippen molar-refractivity contribution in [1.29, 1.82) is 0 Å². The minimum Gasteiger partial charge on any atom is -0.453 e. The molecule has 4 aromatic rings. The van der Waals surface area contributed by atoms with E-state index >= 15 is 0 Å². The average molecular weight is 488 g/mol. The molecule has 1 amide bonds. The van der Waals surface area contributed by atoms with Crippen molar-refractivity contribution in [2.75, 3.05) is 11.1 Å². The number of non-ortho nitro benzene ring substituents is 1. The van der Waals surface area contributed by atoms with Gasteiger partial charge in [0.1, 0.15) is 5.58 Å². The van der Waals surface area contributed by atoms with Crippen LogP contribution in [0, 0.1) is 10.1 Å². The number of aromatic nitrogens is 3. The van der Waals surface area contributed by atoms with E-state index in [0.717, 1.165) is 15.4 Å². The van der Waals surface area contributed by atoms with Gasteiger partial charge < -0.3 is 14.3 Å². The van der Waals surface area contributed by atoms with E-state index < -0.39 is 4.92 Å². The zero-order chi connectivity index (χ0) is 21.3. The maximum absolute atomic E-state index is 12.2. The standard InChI is InChI=1S/C19H14BrN5O4S/c1-24-18(16-9-11-8-12(20)2-7-15(11)29-16)22-23-19(24)30-10-17(26)21-13-3-5-14(6-4-13)25(27)28/h2-9H,10H2,1H3,(H,21,26). The summed E-state index contributed by atoms with van der Waals surface area (Å²) in [4.78, 5) is 22.4. The topological polar surface area (TPSA) is 116 Å². The highest BCUT2D eigenvalue weighted by Gasteiger charge is 2.17. The Morgan fingerprint density at radius 1 is 1.23 bits per heavy atom.